The van der Waals surface area contributed by atoms with E-state index in [4.69, 9.17) is 9.05 Å². The van der Waals surface area contributed by atoms with Crippen molar-refractivity contribution in [3.05, 3.63) is 36.5 Å². The largest absolute Gasteiger partial charge is 0.756 e. The smallest absolute Gasteiger partial charge is 0.268 e. The first-order chi connectivity index (χ1) is 29.5. The number of aliphatic hydroxyl groups is 1. The van der Waals surface area contributed by atoms with Crippen LogP contribution in [0.15, 0.2) is 36.5 Å². The molecule has 0 aromatic heterocycles. The number of phosphoric ester groups is 1. The number of hydrogen-bond acceptors (Lipinski definition) is 6. The topological polar surface area (TPSA) is 108 Å². The third-order valence-corrected chi connectivity index (χ3v) is 12.6. The summed E-state index contributed by atoms with van der Waals surface area (Å²) in [7, 11) is 1.26. The quantitative estimate of drug-likeness (QED) is 0.0273. The molecule has 3 atom stereocenters. The summed E-state index contributed by atoms with van der Waals surface area (Å²) in [6.45, 7) is 4.56. The van der Waals surface area contributed by atoms with Crippen LogP contribution in [0.3, 0.4) is 0 Å². The van der Waals surface area contributed by atoms with Gasteiger partial charge >= 0.3 is 0 Å². The van der Waals surface area contributed by atoms with Crippen molar-refractivity contribution in [1.29, 1.82) is 0 Å². The Morgan fingerprint density at radius 1 is 0.574 bits per heavy atom. The second-order valence-electron chi connectivity index (χ2n) is 18.9. The second-order valence-corrected chi connectivity index (χ2v) is 20.3. The van der Waals surface area contributed by atoms with E-state index in [1.54, 1.807) is 6.08 Å². The van der Waals surface area contributed by atoms with Crippen LogP contribution in [0.25, 0.3) is 0 Å². The summed E-state index contributed by atoms with van der Waals surface area (Å²) in [5, 5.41) is 13.6. The summed E-state index contributed by atoms with van der Waals surface area (Å²) in [4.78, 5) is 25.2. The Hall–Kier alpha value is -1.28. The van der Waals surface area contributed by atoms with Crippen molar-refractivity contribution in [2.75, 3.05) is 40.9 Å². The van der Waals surface area contributed by atoms with E-state index in [0.29, 0.717) is 17.4 Å². The molecule has 0 aliphatic heterocycles. The average molecular weight is 881 g/mol. The van der Waals surface area contributed by atoms with Gasteiger partial charge in [-0.1, -0.05) is 217 Å². The van der Waals surface area contributed by atoms with Gasteiger partial charge in [0.15, 0.2) is 0 Å². The van der Waals surface area contributed by atoms with Crippen molar-refractivity contribution >= 4 is 13.7 Å². The lowest BCUT2D eigenvalue weighted by atomic mass is 10.0. The number of amides is 1. The van der Waals surface area contributed by atoms with E-state index in [9.17, 15) is 19.4 Å². The summed E-state index contributed by atoms with van der Waals surface area (Å²) >= 11 is 0. The zero-order valence-electron chi connectivity index (χ0n) is 40.9. The molecular formula is C52H101N2O6P. The number of carbonyl (C=O) groups is 1. The molecule has 0 aromatic carbocycles. The number of hydrogen-bond donors (Lipinski definition) is 2. The maximum Gasteiger partial charge on any atom is 0.268 e. The van der Waals surface area contributed by atoms with E-state index in [-0.39, 0.29) is 19.1 Å². The molecule has 0 saturated carbocycles. The first-order valence-corrected chi connectivity index (χ1v) is 27.3. The summed E-state index contributed by atoms with van der Waals surface area (Å²) in [6, 6.07) is -0.880. The highest BCUT2D eigenvalue weighted by atomic mass is 31.2. The average Bonchev–Trinajstić information content (AvgIpc) is 3.21. The highest BCUT2D eigenvalue weighted by molar-refractivity contribution is 7.45. The molecule has 0 spiro atoms. The predicted octanol–water partition coefficient (Wildman–Crippen LogP) is 14.4. The van der Waals surface area contributed by atoms with Gasteiger partial charge in [-0.05, 0) is 51.4 Å². The van der Waals surface area contributed by atoms with E-state index < -0.39 is 20.0 Å². The van der Waals surface area contributed by atoms with Gasteiger partial charge in [-0.15, -0.1) is 0 Å². The molecular weight excluding hydrogens is 780 g/mol. The standard InChI is InChI=1S/C52H101N2O6P/c1-6-8-10-12-14-15-16-17-18-19-20-21-22-23-24-25-26-27-28-29-30-31-32-33-34-35-36-37-38-39-40-42-44-46-52(56)53-50(51(55)45-43-41-13-11-9-7-2)49-60-61(57,58)59-48-47-54(3,4)5/h16-17,19-20,43,45,50-51,55H,6-15,18,21-42,44,46-49H2,1-5H3,(H-,53,56,57,58)/b17-16-,20-19-,45-43+. The lowest BCUT2D eigenvalue weighted by Gasteiger charge is -2.29. The third-order valence-electron chi connectivity index (χ3n) is 11.6. The van der Waals surface area contributed by atoms with Crippen molar-refractivity contribution < 1.29 is 32.9 Å². The van der Waals surface area contributed by atoms with Crippen LogP contribution in [0.4, 0.5) is 0 Å². The Balaban J connectivity index is 3.82. The number of nitrogens with one attached hydrogen (secondary N) is 1. The maximum atomic E-state index is 12.8. The highest BCUT2D eigenvalue weighted by Gasteiger charge is 2.23. The molecule has 8 nitrogen and oxygen atoms in total. The van der Waals surface area contributed by atoms with Crippen LogP contribution >= 0.6 is 7.82 Å². The van der Waals surface area contributed by atoms with Gasteiger partial charge < -0.3 is 28.8 Å². The number of aliphatic hydroxyl groups excluding tert-OH is 1. The lowest BCUT2D eigenvalue weighted by molar-refractivity contribution is -0.870. The highest BCUT2D eigenvalue weighted by Crippen LogP contribution is 2.38. The monoisotopic (exact) mass is 881 g/mol. The van der Waals surface area contributed by atoms with Crippen LogP contribution in [0.5, 0.6) is 0 Å². The first-order valence-electron chi connectivity index (χ1n) is 25.9. The molecule has 0 radical (unpaired) electrons. The van der Waals surface area contributed by atoms with Gasteiger partial charge in [-0.2, -0.15) is 0 Å². The number of allylic oxidation sites excluding steroid dienone is 5. The zero-order chi connectivity index (χ0) is 45.0. The van der Waals surface area contributed by atoms with Gasteiger partial charge in [-0.3, -0.25) is 9.36 Å². The number of phosphoric acid groups is 1. The van der Waals surface area contributed by atoms with Crippen LogP contribution in [-0.2, 0) is 18.4 Å². The molecule has 61 heavy (non-hydrogen) atoms. The van der Waals surface area contributed by atoms with Gasteiger partial charge in [0.2, 0.25) is 5.91 Å². The molecule has 0 aliphatic carbocycles. The molecule has 0 rings (SSSR count). The number of likely N-dealkylation sites (N-methyl/N-ethyl adjacent to an activating group) is 1. The fraction of sp³-hybridized carbons (Fsp3) is 0.865. The second kappa shape index (κ2) is 43.9. The number of carbonyl (C=O) groups excluding carboxylic acids is 1. The fourth-order valence-corrected chi connectivity index (χ4v) is 8.20. The Morgan fingerprint density at radius 2 is 0.951 bits per heavy atom. The van der Waals surface area contributed by atoms with Crippen LogP contribution in [0.1, 0.15) is 239 Å². The van der Waals surface area contributed by atoms with E-state index in [0.717, 1.165) is 51.4 Å². The van der Waals surface area contributed by atoms with Crippen LogP contribution in [-0.4, -0.2) is 68.5 Å². The van der Waals surface area contributed by atoms with Crippen LogP contribution < -0.4 is 10.2 Å². The molecule has 1 amide bonds. The minimum absolute atomic E-state index is 0.000504. The number of unbranched alkanes of at least 4 members (excludes halogenated alkanes) is 30. The maximum absolute atomic E-state index is 12.8. The molecule has 0 aliphatic rings. The first kappa shape index (κ1) is 59.7. The normalized spacial score (nSPS) is 14.4. The van der Waals surface area contributed by atoms with Gasteiger partial charge in [0.1, 0.15) is 13.2 Å². The van der Waals surface area contributed by atoms with Crippen LogP contribution in [0, 0.1) is 0 Å². The summed E-state index contributed by atoms with van der Waals surface area (Å²) < 4.78 is 23.1. The van der Waals surface area contributed by atoms with Crippen LogP contribution in [0.2, 0.25) is 0 Å². The number of nitrogens with zero attached hydrogens (tertiary/aromatic N) is 1. The predicted molar refractivity (Wildman–Crippen MR) is 261 cm³/mol. The van der Waals surface area contributed by atoms with Crippen molar-refractivity contribution in [2.24, 2.45) is 0 Å². The van der Waals surface area contributed by atoms with E-state index in [2.05, 4.69) is 43.5 Å². The molecule has 360 valence electrons. The Morgan fingerprint density at radius 3 is 1.38 bits per heavy atom. The molecule has 2 N–H and O–H groups in total. The van der Waals surface area contributed by atoms with Crippen molar-refractivity contribution in [3.63, 3.8) is 0 Å². The van der Waals surface area contributed by atoms with Crippen molar-refractivity contribution in [1.82, 2.24) is 5.32 Å². The summed E-state index contributed by atoms with van der Waals surface area (Å²) in [5.41, 5.74) is 0. The molecule has 0 bridgehead atoms. The Labute approximate surface area is 378 Å². The Bertz CT molecular complexity index is 1090. The molecule has 0 saturated heterocycles. The fourth-order valence-electron chi connectivity index (χ4n) is 7.48. The molecule has 0 fully saturated rings. The van der Waals surface area contributed by atoms with Gasteiger partial charge in [0, 0.05) is 6.42 Å². The van der Waals surface area contributed by atoms with Crippen molar-refractivity contribution in [3.8, 4) is 0 Å². The molecule has 3 unspecified atom stereocenters. The van der Waals surface area contributed by atoms with Crippen molar-refractivity contribution in [2.45, 2.75) is 251 Å². The number of rotatable bonds is 47. The van der Waals surface area contributed by atoms with E-state index >= 15 is 0 Å². The van der Waals surface area contributed by atoms with E-state index in [1.807, 2.05) is 27.2 Å². The zero-order valence-corrected chi connectivity index (χ0v) is 41.8. The Kier molecular flexibility index (Phi) is 43.0. The summed E-state index contributed by atoms with van der Waals surface area (Å²) in [6.07, 6.45) is 55.5. The van der Waals surface area contributed by atoms with Gasteiger partial charge in [-0.25, -0.2) is 0 Å². The third kappa shape index (κ3) is 46.5. The SMILES string of the molecule is CCCCCC/C=C/C(O)C(COP(=O)([O-])OCC[N+](C)(C)C)NC(=O)CCCCCCCCCCCCCCCCCCCCCCC/C=C\C/C=C\CCCCCCC. The molecule has 0 aromatic rings. The minimum atomic E-state index is -4.57. The lowest BCUT2D eigenvalue weighted by Crippen LogP contribution is -2.45. The van der Waals surface area contributed by atoms with Gasteiger partial charge in [0.05, 0.1) is 39.9 Å². The molecule has 9 heteroatoms. The van der Waals surface area contributed by atoms with E-state index in [1.165, 1.54) is 167 Å². The minimum Gasteiger partial charge on any atom is -0.756 e. The molecule has 0 heterocycles. The number of quaternary nitrogens is 1. The van der Waals surface area contributed by atoms with Gasteiger partial charge in [0.25, 0.3) is 7.82 Å². The summed E-state index contributed by atoms with van der Waals surface area (Å²) in [5.74, 6) is -0.201.